The minimum Gasteiger partial charge on any atom is -0.393 e. The summed E-state index contributed by atoms with van der Waals surface area (Å²) in [5, 5.41) is 10.4. The van der Waals surface area contributed by atoms with Gasteiger partial charge in [0.15, 0.2) is 6.29 Å². The summed E-state index contributed by atoms with van der Waals surface area (Å²) in [6, 6.07) is 0.372. The van der Waals surface area contributed by atoms with Crippen LogP contribution in [0.5, 0.6) is 5.75 Å². The standard InChI is InChI=1S/C7H2F4N2O4/c8-6-5(17-7(9,10)11)4(13(15)16)1-3(2-14)12-6/h1-2H. The van der Waals surface area contributed by atoms with Gasteiger partial charge in [0.1, 0.15) is 5.69 Å². The quantitative estimate of drug-likeness (QED) is 0.270. The number of hydrogen-bond acceptors (Lipinski definition) is 5. The van der Waals surface area contributed by atoms with Crippen LogP contribution in [0.25, 0.3) is 0 Å². The van der Waals surface area contributed by atoms with E-state index < -0.39 is 34.4 Å². The molecule has 0 aliphatic carbocycles. The molecule has 6 nitrogen and oxygen atoms in total. The van der Waals surface area contributed by atoms with Crippen LogP contribution < -0.4 is 4.74 Å². The number of halogens is 4. The van der Waals surface area contributed by atoms with Crippen molar-refractivity contribution < 1.29 is 32.0 Å². The van der Waals surface area contributed by atoms with Crippen LogP contribution in [0.2, 0.25) is 0 Å². The van der Waals surface area contributed by atoms with Gasteiger partial charge in [0.25, 0.3) is 11.7 Å². The first-order chi connectivity index (χ1) is 7.74. The Balaban J connectivity index is 3.36. The number of hydrogen-bond donors (Lipinski definition) is 0. The van der Waals surface area contributed by atoms with Crippen molar-refractivity contribution in [1.29, 1.82) is 0 Å². The van der Waals surface area contributed by atoms with E-state index in [1.165, 1.54) is 0 Å². The Morgan fingerprint density at radius 3 is 2.47 bits per heavy atom. The minimum atomic E-state index is -5.31. The molecule has 0 unspecified atom stereocenters. The predicted molar refractivity (Wildman–Crippen MR) is 42.9 cm³/mol. The third-order valence-electron chi connectivity index (χ3n) is 1.47. The molecule has 1 rings (SSSR count). The Bertz CT molecular complexity index is 474. The maximum atomic E-state index is 13.0. The number of nitrogens with zero attached hydrogens (tertiary/aromatic N) is 2. The largest absolute Gasteiger partial charge is 0.573 e. The molecule has 0 spiro atoms. The summed E-state index contributed by atoms with van der Waals surface area (Å²) in [5.74, 6) is -3.58. The van der Waals surface area contributed by atoms with Gasteiger partial charge in [0.2, 0.25) is 0 Å². The van der Waals surface area contributed by atoms with Crippen molar-refractivity contribution in [3.8, 4) is 5.75 Å². The maximum absolute atomic E-state index is 13.0. The molecule has 1 heterocycles. The van der Waals surface area contributed by atoms with Crippen molar-refractivity contribution in [3.63, 3.8) is 0 Å². The average molecular weight is 254 g/mol. The number of aldehydes is 1. The Labute approximate surface area is 90.0 Å². The van der Waals surface area contributed by atoms with Crippen LogP contribution in [0, 0.1) is 16.1 Å². The third kappa shape index (κ3) is 3.09. The van der Waals surface area contributed by atoms with Crippen molar-refractivity contribution in [2.24, 2.45) is 0 Å². The lowest BCUT2D eigenvalue weighted by Gasteiger charge is -2.09. The highest BCUT2D eigenvalue weighted by atomic mass is 19.4. The summed E-state index contributed by atoms with van der Waals surface area (Å²) in [5.41, 5.74) is -2.05. The third-order valence-corrected chi connectivity index (χ3v) is 1.47. The molecule has 1 aromatic heterocycles. The summed E-state index contributed by atoms with van der Waals surface area (Å²) in [6.45, 7) is 0. The highest BCUT2D eigenvalue weighted by molar-refractivity contribution is 5.74. The summed E-state index contributed by atoms with van der Waals surface area (Å²) >= 11 is 0. The molecule has 17 heavy (non-hydrogen) atoms. The number of ether oxygens (including phenoxy) is 1. The molecule has 0 fully saturated rings. The Kier molecular flexibility index (Phi) is 3.25. The molecule has 0 aliphatic heterocycles. The second-order valence-corrected chi connectivity index (χ2v) is 2.61. The monoisotopic (exact) mass is 254 g/mol. The molecule has 0 aliphatic rings. The molecule has 0 saturated heterocycles. The molecule has 0 atom stereocenters. The van der Waals surface area contributed by atoms with Gasteiger partial charge in [-0.1, -0.05) is 0 Å². The zero-order valence-electron chi connectivity index (χ0n) is 7.69. The van der Waals surface area contributed by atoms with Gasteiger partial charge in [-0.25, -0.2) is 4.98 Å². The lowest BCUT2D eigenvalue weighted by Crippen LogP contribution is -2.19. The summed E-state index contributed by atoms with van der Waals surface area (Å²) in [7, 11) is 0. The Hall–Kier alpha value is -2.26. The van der Waals surface area contributed by atoms with Crippen molar-refractivity contribution in [2.45, 2.75) is 6.36 Å². The van der Waals surface area contributed by atoms with Gasteiger partial charge in [0, 0.05) is 6.07 Å². The molecule has 10 heteroatoms. The smallest absolute Gasteiger partial charge is 0.393 e. The lowest BCUT2D eigenvalue weighted by atomic mass is 10.3. The topological polar surface area (TPSA) is 82.3 Å². The van der Waals surface area contributed by atoms with E-state index in [0.717, 1.165) is 0 Å². The summed E-state index contributed by atoms with van der Waals surface area (Å²) in [4.78, 5) is 22.0. The minimum absolute atomic E-state index is 0.0482. The van der Waals surface area contributed by atoms with E-state index in [9.17, 15) is 32.5 Å². The van der Waals surface area contributed by atoms with E-state index in [-0.39, 0.29) is 6.29 Å². The van der Waals surface area contributed by atoms with Crippen LogP contribution in [-0.4, -0.2) is 22.6 Å². The first kappa shape index (κ1) is 12.8. The van der Waals surface area contributed by atoms with Crippen molar-refractivity contribution in [2.75, 3.05) is 0 Å². The van der Waals surface area contributed by atoms with Gasteiger partial charge >= 0.3 is 12.0 Å². The number of aromatic nitrogens is 1. The van der Waals surface area contributed by atoms with E-state index >= 15 is 0 Å². The van der Waals surface area contributed by atoms with Gasteiger partial charge in [-0.05, 0) is 0 Å². The van der Waals surface area contributed by atoms with Crippen LogP contribution in [0.15, 0.2) is 6.07 Å². The molecule has 0 bridgehead atoms. The lowest BCUT2D eigenvalue weighted by molar-refractivity contribution is -0.389. The van der Waals surface area contributed by atoms with Crippen molar-refractivity contribution >= 4 is 12.0 Å². The Morgan fingerprint density at radius 2 is 2.06 bits per heavy atom. The fourth-order valence-corrected chi connectivity index (χ4v) is 0.914. The molecule has 0 saturated carbocycles. The van der Waals surface area contributed by atoms with E-state index in [4.69, 9.17) is 0 Å². The fraction of sp³-hybridized carbons (Fsp3) is 0.143. The number of carbonyl (C=O) groups excluding carboxylic acids is 1. The van der Waals surface area contributed by atoms with E-state index in [0.29, 0.717) is 6.07 Å². The van der Waals surface area contributed by atoms with Crippen LogP contribution in [0.3, 0.4) is 0 Å². The average Bonchev–Trinajstić information content (AvgIpc) is 2.18. The molecule has 0 radical (unpaired) electrons. The van der Waals surface area contributed by atoms with Crippen LogP contribution in [0.4, 0.5) is 23.2 Å². The summed E-state index contributed by atoms with van der Waals surface area (Å²) in [6.07, 6.45) is -5.36. The zero-order chi connectivity index (χ0) is 13.2. The van der Waals surface area contributed by atoms with Gasteiger partial charge in [0.05, 0.1) is 4.92 Å². The maximum Gasteiger partial charge on any atom is 0.573 e. The highest BCUT2D eigenvalue weighted by Crippen LogP contribution is 2.33. The van der Waals surface area contributed by atoms with Crippen LogP contribution in [0.1, 0.15) is 10.5 Å². The number of nitro groups is 1. The van der Waals surface area contributed by atoms with E-state index in [1.807, 2.05) is 0 Å². The van der Waals surface area contributed by atoms with Gasteiger partial charge < -0.3 is 4.74 Å². The number of rotatable bonds is 3. The van der Waals surface area contributed by atoms with Gasteiger partial charge in [-0.15, -0.1) is 13.2 Å². The Morgan fingerprint density at radius 1 is 1.47 bits per heavy atom. The van der Waals surface area contributed by atoms with E-state index in [2.05, 4.69) is 9.72 Å². The fourth-order valence-electron chi connectivity index (χ4n) is 0.914. The SMILES string of the molecule is O=Cc1cc([N+](=O)[O-])c(OC(F)(F)F)c(F)n1. The first-order valence-electron chi connectivity index (χ1n) is 3.80. The molecular formula is C7H2F4N2O4. The highest BCUT2D eigenvalue weighted by Gasteiger charge is 2.37. The molecule has 0 aromatic carbocycles. The van der Waals surface area contributed by atoms with Gasteiger partial charge in [-0.3, -0.25) is 14.9 Å². The second-order valence-electron chi connectivity index (χ2n) is 2.61. The summed E-state index contributed by atoms with van der Waals surface area (Å²) < 4.78 is 51.6. The van der Waals surface area contributed by atoms with E-state index in [1.54, 1.807) is 0 Å². The van der Waals surface area contributed by atoms with Crippen LogP contribution >= 0.6 is 0 Å². The number of carbonyl (C=O) groups is 1. The van der Waals surface area contributed by atoms with Gasteiger partial charge in [-0.2, -0.15) is 4.39 Å². The second kappa shape index (κ2) is 4.31. The molecule has 0 N–H and O–H groups in total. The zero-order valence-corrected chi connectivity index (χ0v) is 7.69. The predicted octanol–water partition coefficient (Wildman–Crippen LogP) is 1.84. The molecule has 92 valence electrons. The van der Waals surface area contributed by atoms with Crippen molar-refractivity contribution in [1.82, 2.24) is 4.98 Å². The molecular weight excluding hydrogens is 252 g/mol. The molecule has 0 amide bonds. The van der Waals surface area contributed by atoms with Crippen molar-refractivity contribution in [3.05, 3.63) is 27.8 Å². The number of pyridine rings is 1. The number of alkyl halides is 3. The molecule has 1 aromatic rings. The first-order valence-corrected chi connectivity index (χ1v) is 3.80. The normalized spacial score (nSPS) is 11.1. The van der Waals surface area contributed by atoms with Crippen LogP contribution in [-0.2, 0) is 0 Å².